The second-order valence-corrected chi connectivity index (χ2v) is 7.72. The Hall–Kier alpha value is -2.93. The molecule has 1 saturated heterocycles. The van der Waals surface area contributed by atoms with Crippen LogP contribution < -0.4 is 5.32 Å². The summed E-state index contributed by atoms with van der Waals surface area (Å²) >= 11 is 0. The highest BCUT2D eigenvalue weighted by Gasteiger charge is 2.25. The molecule has 1 N–H and O–H groups in total. The van der Waals surface area contributed by atoms with Crippen LogP contribution in [0.3, 0.4) is 0 Å². The predicted molar refractivity (Wildman–Crippen MR) is 123 cm³/mol. The van der Waals surface area contributed by atoms with Crippen LogP contribution in [0.2, 0.25) is 0 Å². The highest BCUT2D eigenvalue weighted by molar-refractivity contribution is 5.85. The van der Waals surface area contributed by atoms with Gasteiger partial charge in [-0.25, -0.2) is 4.99 Å². The van der Waals surface area contributed by atoms with E-state index >= 15 is 0 Å². The second kappa shape index (κ2) is 11.5. The van der Waals surface area contributed by atoms with Gasteiger partial charge in [-0.15, -0.1) is 0 Å². The van der Waals surface area contributed by atoms with Crippen molar-refractivity contribution >= 4 is 11.9 Å². The molecule has 1 amide bonds. The maximum absolute atomic E-state index is 12.6. The van der Waals surface area contributed by atoms with Crippen molar-refractivity contribution in [3.8, 4) is 0 Å². The number of aryl methyl sites for hydroxylation is 1. The number of nitrogens with zero attached hydrogens (tertiary/aromatic N) is 4. The number of hydrogen-bond acceptors (Lipinski definition) is 4. The summed E-state index contributed by atoms with van der Waals surface area (Å²) in [5.74, 6) is 0.755. The van der Waals surface area contributed by atoms with E-state index in [9.17, 15) is 4.79 Å². The lowest BCUT2D eigenvalue weighted by Gasteiger charge is -2.35. The van der Waals surface area contributed by atoms with Crippen molar-refractivity contribution in [1.29, 1.82) is 0 Å². The van der Waals surface area contributed by atoms with Gasteiger partial charge in [-0.2, -0.15) is 0 Å². The van der Waals surface area contributed by atoms with Gasteiger partial charge in [0.1, 0.15) is 12.6 Å². The van der Waals surface area contributed by atoms with E-state index in [1.807, 2.05) is 44.3 Å². The van der Waals surface area contributed by atoms with Crippen LogP contribution in [-0.4, -0.2) is 73.0 Å². The summed E-state index contributed by atoms with van der Waals surface area (Å²) in [5.41, 5.74) is 3.41. The molecule has 3 rings (SSSR count). The average Bonchev–Trinajstić information content (AvgIpc) is 2.81. The number of carbonyl (C=O) groups excluding carboxylic acids is 1. The summed E-state index contributed by atoms with van der Waals surface area (Å²) in [5, 5.41) is 3.33. The summed E-state index contributed by atoms with van der Waals surface area (Å²) < 4.78 is 6.04. The van der Waals surface area contributed by atoms with Crippen molar-refractivity contribution in [2.24, 2.45) is 4.99 Å². The number of aromatic nitrogens is 1. The molecule has 31 heavy (non-hydrogen) atoms. The molecule has 7 nitrogen and oxygen atoms in total. The second-order valence-electron chi connectivity index (χ2n) is 7.72. The Labute approximate surface area is 185 Å². The Morgan fingerprint density at radius 1 is 1.29 bits per heavy atom. The Morgan fingerprint density at radius 2 is 2.10 bits per heavy atom. The number of likely N-dealkylation sites (N-methyl/N-ethyl adjacent to an activating group) is 1. The van der Waals surface area contributed by atoms with Crippen molar-refractivity contribution < 1.29 is 9.53 Å². The number of benzene rings is 1. The molecule has 1 aromatic heterocycles. The largest absolute Gasteiger partial charge is 0.370 e. The number of aliphatic imine (C=N–C) groups is 1. The maximum Gasteiger partial charge on any atom is 0.244 e. The van der Waals surface area contributed by atoms with Gasteiger partial charge in [-0.1, -0.05) is 30.3 Å². The summed E-state index contributed by atoms with van der Waals surface area (Å²) in [6.07, 6.45) is 2.50. The molecule has 2 aromatic rings. The lowest BCUT2D eigenvalue weighted by atomic mass is 10.0. The smallest absolute Gasteiger partial charge is 0.244 e. The monoisotopic (exact) mass is 423 g/mol. The van der Waals surface area contributed by atoms with E-state index in [1.54, 1.807) is 11.1 Å². The number of carbonyl (C=O) groups is 1. The Morgan fingerprint density at radius 3 is 2.84 bits per heavy atom. The molecule has 0 bridgehead atoms. The van der Waals surface area contributed by atoms with Crippen LogP contribution in [-0.2, 0) is 16.0 Å². The molecule has 0 saturated carbocycles. The highest BCUT2D eigenvalue weighted by Crippen LogP contribution is 2.24. The molecule has 1 atom stereocenters. The first-order chi connectivity index (χ1) is 15.1. The Kier molecular flexibility index (Phi) is 8.41. The van der Waals surface area contributed by atoms with Gasteiger partial charge in [0.05, 0.1) is 13.2 Å². The molecule has 0 aliphatic carbocycles. The van der Waals surface area contributed by atoms with E-state index in [1.165, 1.54) is 11.1 Å². The van der Waals surface area contributed by atoms with Crippen LogP contribution in [0.1, 0.15) is 29.8 Å². The Bertz CT molecular complexity index is 871. The minimum absolute atomic E-state index is 0.00412. The number of morpholine rings is 1. The van der Waals surface area contributed by atoms with Crippen molar-refractivity contribution in [2.45, 2.75) is 26.4 Å². The number of guanidine groups is 1. The number of rotatable bonds is 7. The predicted octanol–water partition coefficient (Wildman–Crippen LogP) is 2.43. The van der Waals surface area contributed by atoms with Gasteiger partial charge in [0.25, 0.3) is 0 Å². The van der Waals surface area contributed by atoms with Crippen molar-refractivity contribution in [1.82, 2.24) is 20.1 Å². The van der Waals surface area contributed by atoms with Gasteiger partial charge in [0, 0.05) is 45.0 Å². The van der Waals surface area contributed by atoms with Gasteiger partial charge < -0.3 is 19.9 Å². The number of nitrogens with one attached hydrogen (secondary N) is 1. The minimum atomic E-state index is -0.00459. The summed E-state index contributed by atoms with van der Waals surface area (Å²) in [7, 11) is 1.82. The Balaban J connectivity index is 1.59. The fourth-order valence-corrected chi connectivity index (χ4v) is 3.62. The van der Waals surface area contributed by atoms with Gasteiger partial charge in [0.15, 0.2) is 5.96 Å². The average molecular weight is 424 g/mol. The van der Waals surface area contributed by atoms with E-state index in [0.717, 1.165) is 31.2 Å². The molecule has 0 radical (unpaired) electrons. The third kappa shape index (κ3) is 6.52. The topological polar surface area (TPSA) is 70.1 Å². The van der Waals surface area contributed by atoms with Crippen LogP contribution in [0.25, 0.3) is 0 Å². The van der Waals surface area contributed by atoms with Crippen LogP contribution >= 0.6 is 0 Å². The van der Waals surface area contributed by atoms with E-state index in [2.05, 4.69) is 39.2 Å². The first-order valence-electron chi connectivity index (χ1n) is 10.9. The van der Waals surface area contributed by atoms with Crippen LogP contribution in [0.4, 0.5) is 0 Å². The molecule has 1 fully saturated rings. The first-order valence-corrected chi connectivity index (χ1v) is 10.9. The number of ether oxygens (including phenoxy) is 1. The lowest BCUT2D eigenvalue weighted by molar-refractivity contribution is -0.128. The third-order valence-corrected chi connectivity index (χ3v) is 5.46. The van der Waals surface area contributed by atoms with Crippen LogP contribution in [0.15, 0.2) is 53.7 Å². The fourth-order valence-electron chi connectivity index (χ4n) is 3.62. The third-order valence-electron chi connectivity index (χ3n) is 5.46. The highest BCUT2D eigenvalue weighted by atomic mass is 16.5. The summed E-state index contributed by atoms with van der Waals surface area (Å²) in [6, 6.07) is 14.1. The number of hydrogen-bond donors (Lipinski definition) is 1. The molecule has 7 heteroatoms. The van der Waals surface area contributed by atoms with E-state index in [4.69, 9.17) is 4.74 Å². The number of amides is 1. The molecule has 1 aliphatic heterocycles. The fraction of sp³-hybridized carbons (Fsp3) is 0.458. The molecule has 1 unspecified atom stereocenters. The normalized spacial score (nSPS) is 16.8. The summed E-state index contributed by atoms with van der Waals surface area (Å²) in [4.78, 5) is 25.5. The van der Waals surface area contributed by atoms with Crippen molar-refractivity contribution in [3.05, 3.63) is 65.5 Å². The summed E-state index contributed by atoms with van der Waals surface area (Å²) in [6.45, 7) is 7.71. The first kappa shape index (κ1) is 22.7. The van der Waals surface area contributed by atoms with Gasteiger partial charge in [-0.3, -0.25) is 9.78 Å². The van der Waals surface area contributed by atoms with E-state index in [-0.39, 0.29) is 18.6 Å². The quantitative estimate of drug-likeness (QED) is 0.547. The standard InChI is InChI=1S/C24H33N5O2/c1-4-25-24(27-17-23(30)28(3)14-12-20-10-7-8-13-26-20)29-15-16-31-22(18-29)21-11-6-5-9-19(21)2/h5-11,13,22H,4,12,14-18H2,1-3H3,(H,25,27). The van der Waals surface area contributed by atoms with Crippen molar-refractivity contribution in [2.75, 3.05) is 46.4 Å². The van der Waals surface area contributed by atoms with E-state index in [0.29, 0.717) is 19.7 Å². The molecular weight excluding hydrogens is 390 g/mol. The minimum Gasteiger partial charge on any atom is -0.370 e. The zero-order valence-electron chi connectivity index (χ0n) is 18.8. The zero-order chi connectivity index (χ0) is 22.1. The maximum atomic E-state index is 12.6. The van der Waals surface area contributed by atoms with Gasteiger partial charge in [-0.05, 0) is 37.1 Å². The molecule has 1 aliphatic rings. The SMILES string of the molecule is CCNC(=NCC(=O)N(C)CCc1ccccn1)N1CCOC(c2ccccc2C)C1. The zero-order valence-corrected chi connectivity index (χ0v) is 18.8. The molecule has 0 spiro atoms. The molecular formula is C24H33N5O2. The van der Waals surface area contributed by atoms with E-state index < -0.39 is 0 Å². The number of pyridine rings is 1. The molecule has 2 heterocycles. The molecule has 166 valence electrons. The van der Waals surface area contributed by atoms with Crippen LogP contribution in [0.5, 0.6) is 0 Å². The van der Waals surface area contributed by atoms with Crippen LogP contribution in [0, 0.1) is 6.92 Å². The van der Waals surface area contributed by atoms with Gasteiger partial charge in [0.2, 0.25) is 5.91 Å². The lowest BCUT2D eigenvalue weighted by Crippen LogP contribution is -2.48. The van der Waals surface area contributed by atoms with Gasteiger partial charge >= 0.3 is 0 Å². The molecule has 1 aromatic carbocycles. The van der Waals surface area contributed by atoms with Crippen molar-refractivity contribution in [3.63, 3.8) is 0 Å².